The number of primary amides is 1. The topological polar surface area (TPSA) is 81.4 Å². The first-order valence-electron chi connectivity index (χ1n) is 7.33. The van der Waals surface area contributed by atoms with Crippen molar-refractivity contribution in [1.29, 1.82) is 0 Å². The number of hydrogen-bond donors (Lipinski definition) is 2. The van der Waals surface area contributed by atoms with Crippen molar-refractivity contribution in [3.05, 3.63) is 29.1 Å². The van der Waals surface area contributed by atoms with Crippen LogP contribution in [0.3, 0.4) is 0 Å². The smallest absolute Gasteiger partial charge is 0.253 e. The van der Waals surface area contributed by atoms with Crippen LogP contribution in [-0.4, -0.2) is 24.5 Å². The quantitative estimate of drug-likeness (QED) is 0.895. The molecule has 3 N–H and O–H groups in total. The third-order valence-electron chi connectivity index (χ3n) is 4.07. The number of aryl methyl sites for hydroxylation is 1. The molecule has 2 atom stereocenters. The molecule has 2 rings (SSSR count). The van der Waals surface area contributed by atoms with E-state index in [2.05, 4.69) is 5.32 Å². The molecule has 1 heterocycles. The lowest BCUT2D eigenvalue weighted by atomic mass is 9.89. The van der Waals surface area contributed by atoms with E-state index in [9.17, 15) is 14.0 Å². The summed E-state index contributed by atoms with van der Waals surface area (Å²) in [5.74, 6) is -1.22. The lowest BCUT2D eigenvalue weighted by molar-refractivity contribution is -0.127. The van der Waals surface area contributed by atoms with Crippen LogP contribution in [-0.2, 0) is 9.53 Å². The summed E-state index contributed by atoms with van der Waals surface area (Å²) in [4.78, 5) is 23.9. The number of benzene rings is 1. The molecule has 1 fully saturated rings. The SMILES string of the molecule is Cc1cc(NC(=O)[C@@H]2OCC[C@@H]2C(C)C)c(C(N)=O)cc1F. The van der Waals surface area contributed by atoms with E-state index >= 15 is 0 Å². The summed E-state index contributed by atoms with van der Waals surface area (Å²) >= 11 is 0. The Kier molecular flexibility index (Phi) is 4.81. The predicted octanol–water partition coefficient (Wildman–Crippen LogP) is 2.23. The Balaban J connectivity index is 2.25. The van der Waals surface area contributed by atoms with Crippen LogP contribution in [0.5, 0.6) is 0 Å². The van der Waals surface area contributed by atoms with E-state index in [1.165, 1.54) is 6.07 Å². The van der Waals surface area contributed by atoms with E-state index in [-0.39, 0.29) is 23.1 Å². The Morgan fingerprint density at radius 3 is 2.68 bits per heavy atom. The maximum absolute atomic E-state index is 13.6. The van der Waals surface area contributed by atoms with Crippen LogP contribution in [0.1, 0.15) is 36.2 Å². The van der Waals surface area contributed by atoms with Crippen molar-refractivity contribution in [2.24, 2.45) is 17.6 Å². The van der Waals surface area contributed by atoms with Crippen molar-refractivity contribution in [3.8, 4) is 0 Å². The van der Waals surface area contributed by atoms with Gasteiger partial charge in [0.05, 0.1) is 11.3 Å². The fourth-order valence-electron chi connectivity index (χ4n) is 2.75. The first kappa shape index (κ1) is 16.4. The molecule has 1 saturated heterocycles. The highest BCUT2D eigenvalue weighted by molar-refractivity contribution is 6.04. The summed E-state index contributed by atoms with van der Waals surface area (Å²) in [5.41, 5.74) is 5.75. The molecule has 0 saturated carbocycles. The van der Waals surface area contributed by atoms with Gasteiger partial charge in [0.25, 0.3) is 11.8 Å². The van der Waals surface area contributed by atoms with Crippen molar-refractivity contribution in [3.63, 3.8) is 0 Å². The minimum Gasteiger partial charge on any atom is -0.368 e. The number of carbonyl (C=O) groups is 2. The normalized spacial score (nSPS) is 21.1. The van der Waals surface area contributed by atoms with Gasteiger partial charge < -0.3 is 15.8 Å². The Hall–Kier alpha value is -1.95. The monoisotopic (exact) mass is 308 g/mol. The maximum atomic E-state index is 13.6. The molecular weight excluding hydrogens is 287 g/mol. The molecule has 0 spiro atoms. The number of carbonyl (C=O) groups excluding carboxylic acids is 2. The van der Waals surface area contributed by atoms with Gasteiger partial charge in [0.15, 0.2) is 0 Å². The van der Waals surface area contributed by atoms with E-state index in [4.69, 9.17) is 10.5 Å². The van der Waals surface area contributed by atoms with E-state index in [1.807, 2.05) is 13.8 Å². The summed E-state index contributed by atoms with van der Waals surface area (Å²) < 4.78 is 19.1. The molecule has 0 bridgehead atoms. The van der Waals surface area contributed by atoms with Crippen molar-refractivity contribution in [2.75, 3.05) is 11.9 Å². The second-order valence-corrected chi connectivity index (χ2v) is 5.99. The van der Waals surface area contributed by atoms with Gasteiger partial charge >= 0.3 is 0 Å². The molecule has 1 aliphatic rings. The number of halogens is 1. The first-order chi connectivity index (χ1) is 10.3. The summed E-state index contributed by atoms with van der Waals surface area (Å²) in [6.07, 6.45) is 0.257. The number of anilines is 1. The molecule has 120 valence electrons. The van der Waals surface area contributed by atoms with Crippen LogP contribution in [0.4, 0.5) is 10.1 Å². The summed E-state index contributed by atoms with van der Waals surface area (Å²) in [7, 11) is 0. The van der Waals surface area contributed by atoms with Crippen molar-refractivity contribution < 1.29 is 18.7 Å². The maximum Gasteiger partial charge on any atom is 0.253 e. The molecule has 6 heteroatoms. The standard InChI is InChI=1S/C16H21FN2O3/c1-8(2)10-4-5-22-14(10)16(21)19-13-6-9(3)12(17)7-11(13)15(18)20/h6-8,10,14H,4-5H2,1-3H3,(H2,18,20)(H,19,21)/t10-,14-/m1/s1. The Labute approximate surface area is 129 Å². The lowest BCUT2D eigenvalue weighted by Gasteiger charge is -2.21. The summed E-state index contributed by atoms with van der Waals surface area (Å²) in [6, 6.07) is 2.45. The van der Waals surface area contributed by atoms with Crippen LogP contribution in [0, 0.1) is 24.6 Å². The highest BCUT2D eigenvalue weighted by atomic mass is 19.1. The third kappa shape index (κ3) is 3.27. The van der Waals surface area contributed by atoms with Crippen LogP contribution < -0.4 is 11.1 Å². The van der Waals surface area contributed by atoms with Gasteiger partial charge in [-0.25, -0.2) is 4.39 Å². The van der Waals surface area contributed by atoms with E-state index in [0.717, 1.165) is 12.5 Å². The van der Waals surface area contributed by atoms with Crippen molar-refractivity contribution in [2.45, 2.75) is 33.3 Å². The Morgan fingerprint density at radius 1 is 1.41 bits per heavy atom. The molecule has 5 nitrogen and oxygen atoms in total. The number of ether oxygens (including phenoxy) is 1. The number of amides is 2. The van der Waals surface area contributed by atoms with Crippen LogP contribution in [0.25, 0.3) is 0 Å². The van der Waals surface area contributed by atoms with Crippen LogP contribution in [0.2, 0.25) is 0 Å². The van der Waals surface area contributed by atoms with Gasteiger partial charge in [0.2, 0.25) is 0 Å². The van der Waals surface area contributed by atoms with Gasteiger partial charge in [-0.15, -0.1) is 0 Å². The van der Waals surface area contributed by atoms with E-state index < -0.39 is 17.8 Å². The minimum atomic E-state index is -0.790. The molecule has 0 radical (unpaired) electrons. The average molecular weight is 308 g/mol. The minimum absolute atomic E-state index is 0.0458. The largest absolute Gasteiger partial charge is 0.368 e. The second kappa shape index (κ2) is 6.44. The number of hydrogen-bond acceptors (Lipinski definition) is 3. The molecule has 0 unspecified atom stereocenters. The molecule has 0 aliphatic carbocycles. The number of rotatable bonds is 4. The van der Waals surface area contributed by atoms with Gasteiger partial charge in [0.1, 0.15) is 11.9 Å². The number of nitrogens with two attached hydrogens (primary N) is 1. The Morgan fingerprint density at radius 2 is 2.09 bits per heavy atom. The Bertz CT molecular complexity index is 601. The van der Waals surface area contributed by atoms with Crippen LogP contribution >= 0.6 is 0 Å². The highest BCUT2D eigenvalue weighted by Gasteiger charge is 2.36. The van der Waals surface area contributed by atoms with E-state index in [1.54, 1.807) is 6.92 Å². The fraction of sp³-hybridized carbons (Fsp3) is 0.500. The molecular formula is C16H21FN2O3. The summed E-state index contributed by atoms with van der Waals surface area (Å²) in [6.45, 7) is 6.16. The van der Waals surface area contributed by atoms with E-state index in [0.29, 0.717) is 18.1 Å². The molecule has 2 amide bonds. The van der Waals surface area contributed by atoms with Gasteiger partial charge in [-0.3, -0.25) is 9.59 Å². The third-order valence-corrected chi connectivity index (χ3v) is 4.07. The molecule has 22 heavy (non-hydrogen) atoms. The van der Waals surface area contributed by atoms with Crippen LogP contribution in [0.15, 0.2) is 12.1 Å². The number of nitrogens with one attached hydrogen (secondary N) is 1. The molecule has 1 aliphatic heterocycles. The zero-order chi connectivity index (χ0) is 16.4. The fourth-order valence-corrected chi connectivity index (χ4v) is 2.75. The van der Waals surface area contributed by atoms with Gasteiger partial charge in [0, 0.05) is 6.61 Å². The van der Waals surface area contributed by atoms with Crippen molar-refractivity contribution >= 4 is 17.5 Å². The highest BCUT2D eigenvalue weighted by Crippen LogP contribution is 2.29. The predicted molar refractivity (Wildman–Crippen MR) is 81.0 cm³/mol. The zero-order valence-corrected chi connectivity index (χ0v) is 13.0. The zero-order valence-electron chi connectivity index (χ0n) is 13.0. The van der Waals surface area contributed by atoms with Crippen molar-refractivity contribution in [1.82, 2.24) is 0 Å². The second-order valence-electron chi connectivity index (χ2n) is 5.99. The molecule has 1 aromatic carbocycles. The summed E-state index contributed by atoms with van der Waals surface area (Å²) in [5, 5.41) is 2.66. The molecule has 1 aromatic rings. The first-order valence-corrected chi connectivity index (χ1v) is 7.33. The van der Waals surface area contributed by atoms with Gasteiger partial charge in [-0.05, 0) is 42.9 Å². The average Bonchev–Trinajstić information content (AvgIpc) is 2.91. The van der Waals surface area contributed by atoms with Gasteiger partial charge in [-0.1, -0.05) is 13.8 Å². The lowest BCUT2D eigenvalue weighted by Crippen LogP contribution is -2.35. The van der Waals surface area contributed by atoms with Gasteiger partial charge in [-0.2, -0.15) is 0 Å². The molecule has 0 aromatic heterocycles.